The van der Waals surface area contributed by atoms with Crippen molar-refractivity contribution in [3.8, 4) is 11.1 Å². The molecule has 0 fully saturated rings. The monoisotopic (exact) mass is 426 g/mol. The van der Waals surface area contributed by atoms with Gasteiger partial charge in [-0.05, 0) is 38.0 Å². The minimum Gasteiger partial charge on any atom is -0.480 e. The maximum Gasteiger partial charge on any atom is 0.330 e. The largest absolute Gasteiger partial charge is 0.480 e. The van der Waals surface area contributed by atoms with Gasteiger partial charge in [0.25, 0.3) is 5.56 Å². The fourth-order valence-electron chi connectivity index (χ4n) is 2.94. The first-order chi connectivity index (χ1) is 12.6. The number of carboxylic acids is 1. The van der Waals surface area contributed by atoms with E-state index in [1.165, 1.54) is 25.2 Å². The summed E-state index contributed by atoms with van der Waals surface area (Å²) in [5.74, 6) is -1.28. The number of benzene rings is 1. The molecule has 0 aliphatic carbocycles. The number of rotatable bonds is 4. The molecule has 0 radical (unpaired) electrons. The van der Waals surface area contributed by atoms with Gasteiger partial charge in [0.15, 0.2) is 0 Å². The Hall–Kier alpha value is -2.09. The molecule has 2 aromatic heterocycles. The van der Waals surface area contributed by atoms with Gasteiger partial charge in [0.2, 0.25) is 0 Å². The van der Waals surface area contributed by atoms with Crippen molar-refractivity contribution in [1.82, 2.24) is 9.55 Å². The molecule has 1 aromatic carbocycles. The van der Waals surface area contributed by atoms with Crippen LogP contribution in [-0.4, -0.2) is 20.6 Å². The van der Waals surface area contributed by atoms with Crippen LogP contribution in [0.3, 0.4) is 0 Å². The van der Waals surface area contributed by atoms with E-state index in [4.69, 9.17) is 23.2 Å². The molecule has 0 saturated heterocycles. The lowest BCUT2D eigenvalue weighted by molar-refractivity contribution is -0.146. The van der Waals surface area contributed by atoms with E-state index in [0.717, 1.165) is 9.44 Å². The fraction of sp³-hybridized carbons (Fsp3) is 0.278. The SMILES string of the molecule is CCc1sc2[nH]c(=O)n(C(C)(C)C(=O)O)c(=O)c2c1-c1ccc(Cl)c(Cl)c1. The Balaban J connectivity index is 2.48. The second-order valence-electron chi connectivity index (χ2n) is 6.52. The standard InChI is InChI=1S/C18H16Cl2N2O4S/c1-4-11-12(8-5-6-9(19)10(20)7-8)13-14(27-11)21-17(26)22(15(13)23)18(2,3)16(24)25/h5-7H,4H2,1-3H3,(H,21,26)(H,24,25). The summed E-state index contributed by atoms with van der Waals surface area (Å²) in [6.07, 6.45) is 0.624. The van der Waals surface area contributed by atoms with Crippen molar-refractivity contribution in [3.05, 3.63) is 54.0 Å². The number of fused-ring (bicyclic) bond motifs is 1. The third-order valence-electron chi connectivity index (χ3n) is 4.43. The molecule has 0 unspecified atom stereocenters. The predicted molar refractivity (Wildman–Crippen MR) is 108 cm³/mol. The molecule has 6 nitrogen and oxygen atoms in total. The van der Waals surface area contributed by atoms with Crippen LogP contribution in [0.1, 0.15) is 25.6 Å². The van der Waals surface area contributed by atoms with Crippen LogP contribution >= 0.6 is 34.5 Å². The Kier molecular flexibility index (Phi) is 4.96. The predicted octanol–water partition coefficient (Wildman–Crippen LogP) is 4.11. The number of nitrogens with zero attached hydrogens (tertiary/aromatic N) is 1. The molecular formula is C18H16Cl2N2O4S. The van der Waals surface area contributed by atoms with Crippen molar-refractivity contribution in [2.24, 2.45) is 0 Å². The van der Waals surface area contributed by atoms with Gasteiger partial charge in [-0.15, -0.1) is 11.3 Å². The van der Waals surface area contributed by atoms with E-state index in [0.29, 0.717) is 32.4 Å². The van der Waals surface area contributed by atoms with Gasteiger partial charge in [0.05, 0.1) is 15.4 Å². The quantitative estimate of drug-likeness (QED) is 0.656. The number of hydrogen-bond donors (Lipinski definition) is 2. The summed E-state index contributed by atoms with van der Waals surface area (Å²) in [5.41, 5.74) is -1.81. The molecule has 0 aliphatic rings. The Morgan fingerprint density at radius 1 is 1.26 bits per heavy atom. The van der Waals surface area contributed by atoms with Crippen LogP contribution in [0.25, 0.3) is 21.3 Å². The second kappa shape index (κ2) is 6.82. The Labute approximate surface area is 168 Å². The topological polar surface area (TPSA) is 92.2 Å². The molecule has 27 heavy (non-hydrogen) atoms. The third kappa shape index (κ3) is 3.09. The fourth-order valence-corrected chi connectivity index (χ4v) is 4.38. The van der Waals surface area contributed by atoms with Gasteiger partial charge in [-0.3, -0.25) is 9.78 Å². The zero-order valence-electron chi connectivity index (χ0n) is 14.7. The Morgan fingerprint density at radius 3 is 2.48 bits per heavy atom. The van der Waals surface area contributed by atoms with Gasteiger partial charge in [-0.1, -0.05) is 36.2 Å². The number of carbonyl (C=O) groups is 1. The van der Waals surface area contributed by atoms with Crippen LogP contribution in [0, 0.1) is 0 Å². The number of aliphatic carboxylic acids is 1. The number of aromatic amines is 1. The highest BCUT2D eigenvalue weighted by atomic mass is 35.5. The van der Waals surface area contributed by atoms with Gasteiger partial charge in [0, 0.05) is 10.4 Å². The Morgan fingerprint density at radius 2 is 1.93 bits per heavy atom. The molecule has 3 rings (SSSR count). The molecule has 0 bridgehead atoms. The molecule has 142 valence electrons. The third-order valence-corrected chi connectivity index (χ3v) is 6.42. The van der Waals surface area contributed by atoms with Crippen LogP contribution in [-0.2, 0) is 16.8 Å². The van der Waals surface area contributed by atoms with Crippen molar-refractivity contribution in [2.75, 3.05) is 0 Å². The van der Waals surface area contributed by atoms with Gasteiger partial charge in [0.1, 0.15) is 10.4 Å². The lowest BCUT2D eigenvalue weighted by Crippen LogP contribution is -2.50. The van der Waals surface area contributed by atoms with E-state index in [-0.39, 0.29) is 5.39 Å². The smallest absolute Gasteiger partial charge is 0.330 e. The molecule has 9 heteroatoms. The lowest BCUT2D eigenvalue weighted by atomic mass is 10.0. The molecule has 0 spiro atoms. The summed E-state index contributed by atoms with van der Waals surface area (Å²) in [6, 6.07) is 5.03. The number of aryl methyl sites for hydroxylation is 1. The summed E-state index contributed by atoms with van der Waals surface area (Å²) < 4.78 is 0.741. The van der Waals surface area contributed by atoms with Gasteiger partial charge in [-0.25, -0.2) is 14.2 Å². The van der Waals surface area contributed by atoms with Gasteiger partial charge < -0.3 is 5.11 Å². The van der Waals surface area contributed by atoms with E-state index in [9.17, 15) is 19.5 Å². The number of H-pyrrole nitrogens is 1. The van der Waals surface area contributed by atoms with E-state index in [1.807, 2.05) is 6.92 Å². The van der Waals surface area contributed by atoms with Gasteiger partial charge >= 0.3 is 11.7 Å². The summed E-state index contributed by atoms with van der Waals surface area (Å²) in [5, 5.41) is 10.5. The lowest BCUT2D eigenvalue weighted by Gasteiger charge is -2.21. The first-order valence-corrected chi connectivity index (χ1v) is 9.66. The molecule has 3 aromatic rings. The van der Waals surface area contributed by atoms with E-state index < -0.39 is 22.8 Å². The van der Waals surface area contributed by atoms with Crippen molar-refractivity contribution >= 4 is 50.7 Å². The minimum atomic E-state index is -1.71. The molecule has 2 N–H and O–H groups in total. The van der Waals surface area contributed by atoms with Crippen molar-refractivity contribution in [3.63, 3.8) is 0 Å². The van der Waals surface area contributed by atoms with Crippen molar-refractivity contribution < 1.29 is 9.90 Å². The highest BCUT2D eigenvalue weighted by Crippen LogP contribution is 2.38. The van der Waals surface area contributed by atoms with Crippen LogP contribution in [0.2, 0.25) is 10.0 Å². The maximum atomic E-state index is 13.2. The molecule has 2 heterocycles. The van der Waals surface area contributed by atoms with Crippen LogP contribution in [0.5, 0.6) is 0 Å². The van der Waals surface area contributed by atoms with E-state index in [2.05, 4.69) is 4.98 Å². The molecular weight excluding hydrogens is 411 g/mol. The zero-order valence-corrected chi connectivity index (χ0v) is 17.1. The normalized spacial score (nSPS) is 11.9. The van der Waals surface area contributed by atoms with Crippen LogP contribution < -0.4 is 11.2 Å². The Bertz CT molecular complexity index is 1190. The zero-order chi connectivity index (χ0) is 20.1. The number of nitrogens with one attached hydrogen (secondary N) is 1. The highest BCUT2D eigenvalue weighted by molar-refractivity contribution is 7.19. The summed E-state index contributed by atoms with van der Waals surface area (Å²) >= 11 is 13.4. The average molecular weight is 427 g/mol. The molecule has 0 aliphatic heterocycles. The van der Waals surface area contributed by atoms with E-state index in [1.54, 1.807) is 18.2 Å². The first kappa shape index (κ1) is 19.7. The number of halogens is 2. The van der Waals surface area contributed by atoms with Gasteiger partial charge in [-0.2, -0.15) is 0 Å². The van der Waals surface area contributed by atoms with Crippen molar-refractivity contribution in [2.45, 2.75) is 32.7 Å². The maximum absolute atomic E-state index is 13.2. The molecule has 0 amide bonds. The summed E-state index contributed by atoms with van der Waals surface area (Å²) in [4.78, 5) is 41.2. The second-order valence-corrected chi connectivity index (χ2v) is 8.44. The number of thiophene rings is 1. The molecule has 0 atom stereocenters. The number of hydrogen-bond acceptors (Lipinski definition) is 4. The number of carboxylic acid groups (broad SMARTS) is 1. The first-order valence-electron chi connectivity index (χ1n) is 8.09. The summed E-state index contributed by atoms with van der Waals surface area (Å²) in [7, 11) is 0. The highest BCUT2D eigenvalue weighted by Gasteiger charge is 2.34. The van der Waals surface area contributed by atoms with E-state index >= 15 is 0 Å². The average Bonchev–Trinajstić information content (AvgIpc) is 2.95. The van der Waals surface area contributed by atoms with Crippen LogP contribution in [0.15, 0.2) is 27.8 Å². The molecule has 0 saturated carbocycles. The van der Waals surface area contributed by atoms with Crippen molar-refractivity contribution in [1.29, 1.82) is 0 Å². The van der Waals surface area contributed by atoms with Crippen LogP contribution in [0.4, 0.5) is 0 Å². The summed E-state index contributed by atoms with van der Waals surface area (Å²) in [6.45, 7) is 4.55. The minimum absolute atomic E-state index is 0.268. The number of aromatic nitrogens is 2.